The third kappa shape index (κ3) is 6.25. The van der Waals surface area contributed by atoms with Crippen LogP contribution in [0, 0.1) is 5.41 Å². The van der Waals surface area contributed by atoms with Crippen molar-refractivity contribution in [3.63, 3.8) is 0 Å². The van der Waals surface area contributed by atoms with Gasteiger partial charge in [0.1, 0.15) is 0 Å². The van der Waals surface area contributed by atoms with Gasteiger partial charge in [-0.1, -0.05) is 6.92 Å². The van der Waals surface area contributed by atoms with Gasteiger partial charge in [0.15, 0.2) is 0 Å². The van der Waals surface area contributed by atoms with Crippen LogP contribution in [0.1, 0.15) is 46.5 Å². The lowest BCUT2D eigenvalue weighted by Crippen LogP contribution is -2.54. The molecule has 150 valence electrons. The minimum atomic E-state index is -6.66. The molecule has 0 rings (SSSR count). The quantitative estimate of drug-likeness (QED) is 0.291. The largest absolute Gasteiger partial charge is 0.465 e. The average Bonchev–Trinajstić information content (AvgIpc) is 2.40. The molecule has 0 aromatic heterocycles. The van der Waals surface area contributed by atoms with Crippen molar-refractivity contribution in [3.8, 4) is 0 Å². The third-order valence-electron chi connectivity index (χ3n) is 3.65. The van der Waals surface area contributed by atoms with Crippen molar-refractivity contribution in [2.45, 2.75) is 70.4 Å². The summed E-state index contributed by atoms with van der Waals surface area (Å²) in [5, 5.41) is 0. The molecule has 0 amide bonds. The molecule has 0 fully saturated rings. The van der Waals surface area contributed by atoms with Gasteiger partial charge >= 0.3 is 24.0 Å². The van der Waals surface area contributed by atoms with E-state index in [0.29, 0.717) is 6.42 Å². The summed E-state index contributed by atoms with van der Waals surface area (Å²) < 4.78 is 118. The minimum Gasteiger partial charge on any atom is -0.465 e. The van der Waals surface area contributed by atoms with Crippen LogP contribution >= 0.6 is 0 Å². The molecule has 0 aliphatic rings. The van der Waals surface area contributed by atoms with E-state index < -0.39 is 61.2 Å². The lowest BCUT2D eigenvalue weighted by atomic mass is 9.91. The summed E-state index contributed by atoms with van der Waals surface area (Å²) in [7, 11) is 0. The first-order valence-electron chi connectivity index (χ1n) is 7.27. The molecule has 0 spiro atoms. The van der Waals surface area contributed by atoms with Crippen LogP contribution < -0.4 is 0 Å². The Morgan fingerprint density at radius 1 is 0.920 bits per heavy atom. The Morgan fingerprint density at radius 2 is 1.40 bits per heavy atom. The number of rotatable bonds is 9. The van der Waals surface area contributed by atoms with E-state index in [2.05, 4.69) is 4.74 Å². The lowest BCUT2D eigenvalue weighted by molar-refractivity contribution is -0.363. The Kier molecular flexibility index (Phi) is 7.26. The molecule has 0 saturated carbocycles. The molecule has 0 saturated heterocycles. The van der Waals surface area contributed by atoms with E-state index in [1.807, 2.05) is 0 Å². The molecule has 2 nitrogen and oxygen atoms in total. The van der Waals surface area contributed by atoms with E-state index in [4.69, 9.17) is 0 Å². The maximum absolute atomic E-state index is 13.3. The maximum atomic E-state index is 13.3. The number of carbonyl (C=O) groups excluding carboxylic acids is 1. The monoisotopic (exact) mass is 390 g/mol. The molecule has 0 aromatic carbocycles. The van der Waals surface area contributed by atoms with Crippen LogP contribution in [0.15, 0.2) is 0 Å². The molecular formula is C14H19F9O2. The van der Waals surface area contributed by atoms with Gasteiger partial charge in [-0.15, -0.1) is 0 Å². The fourth-order valence-electron chi connectivity index (χ4n) is 1.57. The van der Waals surface area contributed by atoms with Crippen LogP contribution in [-0.4, -0.2) is 36.5 Å². The minimum absolute atomic E-state index is 0.376. The van der Waals surface area contributed by atoms with Gasteiger partial charge in [-0.3, -0.25) is 4.79 Å². The molecule has 0 unspecified atom stereocenters. The number of hydrogen-bond donors (Lipinski definition) is 0. The van der Waals surface area contributed by atoms with Crippen LogP contribution in [0.4, 0.5) is 39.5 Å². The van der Waals surface area contributed by atoms with E-state index in [0.717, 1.165) is 0 Å². The van der Waals surface area contributed by atoms with Crippen molar-refractivity contribution < 1.29 is 49.0 Å². The van der Waals surface area contributed by atoms with Crippen LogP contribution in [0.5, 0.6) is 0 Å². The number of alkyl halides is 9. The van der Waals surface area contributed by atoms with Gasteiger partial charge < -0.3 is 4.74 Å². The maximum Gasteiger partial charge on any atom is 0.459 e. The third-order valence-corrected chi connectivity index (χ3v) is 3.65. The predicted octanol–water partition coefficient (Wildman–Crippen LogP) is 5.60. The first-order chi connectivity index (χ1) is 10.9. The number of ether oxygens (including phenoxy) is 1. The smallest absolute Gasteiger partial charge is 0.459 e. The van der Waals surface area contributed by atoms with Crippen molar-refractivity contribution in [2.75, 3.05) is 6.61 Å². The number of halogens is 9. The average molecular weight is 390 g/mol. The second-order valence-electron chi connectivity index (χ2n) is 6.29. The van der Waals surface area contributed by atoms with Gasteiger partial charge in [0.25, 0.3) is 5.92 Å². The molecule has 0 bridgehead atoms. The number of esters is 1. The van der Waals surface area contributed by atoms with Gasteiger partial charge in [0, 0.05) is 6.42 Å². The number of carbonyl (C=O) groups is 1. The summed E-state index contributed by atoms with van der Waals surface area (Å²) in [4.78, 5) is 11.5. The van der Waals surface area contributed by atoms with Crippen LogP contribution in [0.25, 0.3) is 0 Å². The Hall–Kier alpha value is -1.16. The van der Waals surface area contributed by atoms with E-state index in [9.17, 15) is 44.3 Å². The summed E-state index contributed by atoms with van der Waals surface area (Å²) in [5.74, 6) is -17.8. The molecule has 0 heterocycles. The standard InChI is InChI=1S/C14H19F9O2/c1-4-10(2,3)9(24)25-7-5-6-11(15,16)8-12(17,18)13(19,20)14(21,22)23/h4-8H2,1-3H3. The van der Waals surface area contributed by atoms with Crippen LogP contribution in [0.3, 0.4) is 0 Å². The van der Waals surface area contributed by atoms with Gasteiger partial charge in [0.2, 0.25) is 0 Å². The summed E-state index contributed by atoms with van der Waals surface area (Å²) in [6.45, 7) is 4.10. The Bertz CT molecular complexity index is 456. The molecule has 0 aliphatic carbocycles. The Balaban J connectivity index is 4.68. The molecule has 25 heavy (non-hydrogen) atoms. The normalized spacial score (nSPS) is 14.6. The molecule has 0 aromatic rings. The summed E-state index contributed by atoms with van der Waals surface area (Å²) in [5.41, 5.74) is -0.898. The molecule has 0 radical (unpaired) electrons. The molecule has 0 N–H and O–H groups in total. The molecule has 0 aliphatic heterocycles. The van der Waals surface area contributed by atoms with E-state index in [1.54, 1.807) is 6.92 Å². The fourth-order valence-corrected chi connectivity index (χ4v) is 1.57. The van der Waals surface area contributed by atoms with Crippen molar-refractivity contribution >= 4 is 5.97 Å². The van der Waals surface area contributed by atoms with Gasteiger partial charge in [0.05, 0.1) is 18.4 Å². The van der Waals surface area contributed by atoms with E-state index in [1.165, 1.54) is 13.8 Å². The van der Waals surface area contributed by atoms with Crippen molar-refractivity contribution in [1.82, 2.24) is 0 Å². The zero-order chi connectivity index (χ0) is 20.3. The highest BCUT2D eigenvalue weighted by molar-refractivity contribution is 5.75. The van der Waals surface area contributed by atoms with Crippen LogP contribution in [-0.2, 0) is 9.53 Å². The highest BCUT2D eigenvalue weighted by atomic mass is 19.4. The lowest BCUT2D eigenvalue weighted by Gasteiger charge is -2.30. The first kappa shape index (κ1) is 23.8. The second-order valence-corrected chi connectivity index (χ2v) is 6.29. The second kappa shape index (κ2) is 7.61. The topological polar surface area (TPSA) is 26.3 Å². The predicted molar refractivity (Wildman–Crippen MR) is 69.8 cm³/mol. The van der Waals surface area contributed by atoms with E-state index >= 15 is 0 Å². The Labute approximate surface area is 138 Å². The van der Waals surface area contributed by atoms with Crippen LogP contribution in [0.2, 0.25) is 0 Å². The SMILES string of the molecule is CCC(C)(C)C(=O)OCCCC(F)(F)CC(F)(F)C(F)(F)C(F)(F)F. The molecule has 0 atom stereocenters. The van der Waals surface area contributed by atoms with Crippen molar-refractivity contribution in [3.05, 3.63) is 0 Å². The highest BCUT2D eigenvalue weighted by Gasteiger charge is 2.74. The number of hydrogen-bond acceptors (Lipinski definition) is 2. The molecule has 11 heteroatoms. The van der Waals surface area contributed by atoms with Gasteiger partial charge in [-0.2, -0.15) is 30.7 Å². The summed E-state index contributed by atoms with van der Waals surface area (Å²) in [6.07, 6.45) is -11.4. The van der Waals surface area contributed by atoms with Gasteiger partial charge in [-0.25, -0.2) is 8.78 Å². The fraction of sp³-hybridized carbons (Fsp3) is 0.929. The highest BCUT2D eigenvalue weighted by Crippen LogP contribution is 2.50. The van der Waals surface area contributed by atoms with Crippen molar-refractivity contribution in [2.24, 2.45) is 5.41 Å². The van der Waals surface area contributed by atoms with E-state index in [-0.39, 0.29) is 0 Å². The molecular weight excluding hydrogens is 371 g/mol. The summed E-state index contributed by atoms with van der Waals surface area (Å²) >= 11 is 0. The van der Waals surface area contributed by atoms with Crippen molar-refractivity contribution in [1.29, 1.82) is 0 Å². The first-order valence-corrected chi connectivity index (χ1v) is 7.27. The summed E-state index contributed by atoms with van der Waals surface area (Å²) in [6, 6.07) is 0. The Morgan fingerprint density at radius 3 is 1.80 bits per heavy atom. The zero-order valence-corrected chi connectivity index (χ0v) is 13.8. The zero-order valence-electron chi connectivity index (χ0n) is 13.8. The van der Waals surface area contributed by atoms with Gasteiger partial charge in [-0.05, 0) is 26.7 Å².